The lowest BCUT2D eigenvalue weighted by Gasteiger charge is -2.31. The Bertz CT molecular complexity index is 1720. The van der Waals surface area contributed by atoms with Gasteiger partial charge in [-0.1, -0.05) is 0 Å². The smallest absolute Gasteiger partial charge is 0.327 e. The SMILES string of the molecule is C[C@H](NC(=O)[C@@H](NC(=O)[C@H](CCC(N)=O)NC(=O)[C@@H](N)CS)[C@@H](C)O)C(=O)N[C@@H](CCCN=C(N)N)C(=O)N[C@H](C(=O)N1CCC[C@H]1C(=O)N[C@@H](C)C(=O)N[C@@H](CS)C(=O)O)[C@@H](C)O. The van der Waals surface area contributed by atoms with Gasteiger partial charge in [0.05, 0.1) is 18.2 Å². The van der Waals surface area contributed by atoms with Gasteiger partial charge in [-0.15, -0.1) is 0 Å². The van der Waals surface area contributed by atoms with Crippen molar-refractivity contribution in [2.45, 2.75) is 133 Å². The average molecular weight is 950 g/mol. The largest absolute Gasteiger partial charge is 0.480 e. The number of primary amides is 1. The van der Waals surface area contributed by atoms with Crippen LogP contribution in [0.4, 0.5) is 0 Å². The van der Waals surface area contributed by atoms with E-state index in [0.717, 1.165) is 11.8 Å². The predicted octanol–water partition coefficient (Wildman–Crippen LogP) is -7.24. The van der Waals surface area contributed by atoms with Gasteiger partial charge in [-0.25, -0.2) is 4.79 Å². The maximum Gasteiger partial charge on any atom is 0.327 e. The number of aliphatic imine (C=N–C) groups is 1. The third-order valence-corrected chi connectivity index (χ3v) is 10.4. The first-order valence-corrected chi connectivity index (χ1v) is 21.5. The van der Waals surface area contributed by atoms with Gasteiger partial charge in [-0.2, -0.15) is 25.3 Å². The number of guanidine groups is 1. The number of carboxylic acids is 1. The van der Waals surface area contributed by atoms with Crippen LogP contribution in [-0.2, 0) is 47.9 Å². The molecule has 0 unspecified atom stereocenters. The fraction of sp³-hybridized carbons (Fsp3) is 0.694. The third kappa shape index (κ3) is 18.7. The number of carboxylic acid groups (broad SMARTS) is 1. The molecular weight excluding hydrogens is 887 g/mol. The van der Waals surface area contributed by atoms with Gasteiger partial charge in [0, 0.05) is 31.0 Å². The normalized spacial score (nSPS) is 18.1. The molecule has 9 amide bonds. The summed E-state index contributed by atoms with van der Waals surface area (Å²) >= 11 is 7.83. The molecular formula is C36H63N13O13S2. The first kappa shape index (κ1) is 56.6. The summed E-state index contributed by atoms with van der Waals surface area (Å²) in [7, 11) is 0. The van der Waals surface area contributed by atoms with E-state index in [2.05, 4.69) is 67.5 Å². The van der Waals surface area contributed by atoms with E-state index < -0.39 is 126 Å². The van der Waals surface area contributed by atoms with Crippen molar-refractivity contribution in [2.24, 2.45) is 27.9 Å². The number of rotatable bonds is 27. The van der Waals surface area contributed by atoms with Crippen LogP contribution in [0.5, 0.6) is 0 Å². The van der Waals surface area contributed by atoms with E-state index in [0.29, 0.717) is 6.42 Å². The third-order valence-electron chi connectivity index (χ3n) is 9.67. The van der Waals surface area contributed by atoms with Crippen molar-refractivity contribution >= 4 is 90.4 Å². The van der Waals surface area contributed by atoms with E-state index >= 15 is 0 Å². The summed E-state index contributed by atoms with van der Waals surface area (Å²) in [6.07, 6.45) is -3.36. The highest BCUT2D eigenvalue weighted by Gasteiger charge is 2.41. The van der Waals surface area contributed by atoms with E-state index in [1.807, 2.05) is 0 Å². The number of hydrogen-bond donors (Lipinski definition) is 16. The molecule has 28 heteroatoms. The van der Waals surface area contributed by atoms with Crippen LogP contribution in [-0.4, -0.2) is 176 Å². The van der Waals surface area contributed by atoms with Crippen molar-refractivity contribution < 1.29 is 63.3 Å². The summed E-state index contributed by atoms with van der Waals surface area (Å²) in [4.78, 5) is 134. The summed E-state index contributed by atoms with van der Waals surface area (Å²) in [5.74, 6) is -9.99. The average Bonchev–Trinajstić information content (AvgIpc) is 3.72. The van der Waals surface area contributed by atoms with Crippen molar-refractivity contribution in [2.75, 3.05) is 24.6 Å². The number of aliphatic carboxylic acids is 1. The summed E-state index contributed by atoms with van der Waals surface area (Å²) in [5, 5.41) is 46.8. The molecule has 1 heterocycles. The molecule has 362 valence electrons. The predicted molar refractivity (Wildman–Crippen MR) is 235 cm³/mol. The minimum atomic E-state index is -1.72. The molecule has 18 N–H and O–H groups in total. The number of likely N-dealkylation sites (tertiary alicyclic amines) is 1. The van der Waals surface area contributed by atoms with Gasteiger partial charge >= 0.3 is 5.97 Å². The molecule has 0 bridgehead atoms. The molecule has 0 spiro atoms. The number of aliphatic hydroxyl groups excluding tert-OH is 2. The van der Waals surface area contributed by atoms with Crippen molar-refractivity contribution in [1.82, 2.24) is 42.1 Å². The monoisotopic (exact) mass is 949 g/mol. The molecule has 0 radical (unpaired) electrons. The van der Waals surface area contributed by atoms with Crippen LogP contribution in [0.3, 0.4) is 0 Å². The van der Waals surface area contributed by atoms with Crippen LogP contribution >= 0.6 is 25.3 Å². The second-order valence-electron chi connectivity index (χ2n) is 15.1. The number of hydrogen-bond acceptors (Lipinski definition) is 16. The Kier molecular flexibility index (Phi) is 24.5. The quantitative estimate of drug-likeness (QED) is 0.0157. The Hall–Kier alpha value is -5.45. The second-order valence-corrected chi connectivity index (χ2v) is 15.8. The molecule has 1 aliphatic heterocycles. The van der Waals surface area contributed by atoms with E-state index in [-0.39, 0.29) is 62.7 Å². The first-order chi connectivity index (χ1) is 29.9. The van der Waals surface area contributed by atoms with Gasteiger partial charge in [0.25, 0.3) is 0 Å². The van der Waals surface area contributed by atoms with Gasteiger partial charge in [-0.05, 0) is 59.8 Å². The number of nitrogens with zero attached hydrogens (tertiary/aromatic N) is 2. The van der Waals surface area contributed by atoms with E-state index in [1.165, 1.54) is 20.8 Å². The highest BCUT2D eigenvalue weighted by Crippen LogP contribution is 2.20. The second kappa shape index (κ2) is 27.7. The summed E-state index contributed by atoms with van der Waals surface area (Å²) in [6, 6.07) is -12.5. The lowest BCUT2D eigenvalue weighted by molar-refractivity contribution is -0.145. The topological polar surface area (TPSA) is 435 Å². The van der Waals surface area contributed by atoms with E-state index in [4.69, 9.17) is 22.9 Å². The van der Waals surface area contributed by atoms with Gasteiger partial charge in [0.2, 0.25) is 53.2 Å². The van der Waals surface area contributed by atoms with Crippen molar-refractivity contribution in [3.8, 4) is 0 Å². The Morgan fingerprint density at radius 3 is 1.69 bits per heavy atom. The molecule has 0 aromatic heterocycles. The maximum atomic E-state index is 13.9. The number of amides is 9. The zero-order chi connectivity index (χ0) is 49.0. The molecule has 26 nitrogen and oxygen atoms in total. The van der Waals surface area contributed by atoms with Crippen molar-refractivity contribution in [1.29, 1.82) is 0 Å². The van der Waals surface area contributed by atoms with Gasteiger partial charge < -0.3 is 80.4 Å². The minimum Gasteiger partial charge on any atom is -0.480 e. The number of carbonyl (C=O) groups is 10. The lowest BCUT2D eigenvalue weighted by atomic mass is 10.1. The number of aliphatic hydroxyl groups is 2. The highest BCUT2D eigenvalue weighted by molar-refractivity contribution is 7.80. The number of nitrogens with one attached hydrogen (secondary N) is 7. The zero-order valence-corrected chi connectivity index (χ0v) is 37.7. The van der Waals surface area contributed by atoms with E-state index in [9.17, 15) is 63.3 Å². The van der Waals surface area contributed by atoms with Gasteiger partial charge in [0.15, 0.2) is 5.96 Å². The zero-order valence-electron chi connectivity index (χ0n) is 35.9. The van der Waals surface area contributed by atoms with Crippen LogP contribution in [0.1, 0.15) is 66.2 Å². The number of thiol groups is 2. The molecule has 1 aliphatic rings. The van der Waals surface area contributed by atoms with Crippen molar-refractivity contribution in [3.63, 3.8) is 0 Å². The molecule has 0 aliphatic carbocycles. The maximum absolute atomic E-state index is 13.9. The molecule has 0 saturated carbocycles. The lowest BCUT2D eigenvalue weighted by Crippen LogP contribution is -2.62. The molecule has 0 aromatic carbocycles. The molecule has 1 saturated heterocycles. The van der Waals surface area contributed by atoms with Crippen LogP contribution in [0.2, 0.25) is 0 Å². The summed E-state index contributed by atoms with van der Waals surface area (Å²) < 4.78 is 0. The highest BCUT2D eigenvalue weighted by atomic mass is 32.1. The van der Waals surface area contributed by atoms with Crippen LogP contribution in [0, 0.1) is 0 Å². The standard InChI is InChI=1S/C36H63N13O13S2/c1-15(28(54)46-22(14-64)35(61)62)42-32(58)23-8-6-12-49(23)34(60)26(18(4)51)48-30(56)20(7-5-11-41-36(39)40)44-27(53)16(2)43-33(59)25(17(3)50)47-31(57)21(9-10-24(38)52)45-29(55)19(37)13-63/h15-23,25-26,50-51,63-64H,5-14,37H2,1-4H3,(H2,38,52)(H,42,58)(H,43,59)(H,44,53)(H,45,55)(H,46,54)(H,47,57)(H,48,56)(H,61,62)(H4,39,40,41)/t15-,16-,17+,18+,19-,20-,21-,22-,23-,25-,26-/m0/s1. The Morgan fingerprint density at radius 1 is 0.672 bits per heavy atom. The summed E-state index contributed by atoms with van der Waals surface area (Å²) in [6.45, 7) is 4.89. The Labute approximate surface area is 380 Å². The van der Waals surface area contributed by atoms with E-state index in [1.54, 1.807) is 0 Å². The first-order valence-electron chi connectivity index (χ1n) is 20.2. The fourth-order valence-corrected chi connectivity index (χ4v) is 6.41. The molecule has 0 aromatic rings. The van der Waals surface area contributed by atoms with Crippen LogP contribution in [0.15, 0.2) is 4.99 Å². The van der Waals surface area contributed by atoms with Gasteiger partial charge in [0.1, 0.15) is 48.3 Å². The minimum absolute atomic E-state index is 0.00309. The summed E-state index contributed by atoms with van der Waals surface area (Å²) in [5.41, 5.74) is 21.7. The fourth-order valence-electron chi connectivity index (χ4n) is 6.00. The van der Waals surface area contributed by atoms with Gasteiger partial charge in [-0.3, -0.25) is 48.1 Å². The molecule has 1 fully saturated rings. The number of carbonyl (C=O) groups excluding carboxylic acids is 9. The number of nitrogens with two attached hydrogens (primary N) is 4. The van der Waals surface area contributed by atoms with Crippen LogP contribution < -0.4 is 60.2 Å². The molecule has 64 heavy (non-hydrogen) atoms. The molecule has 11 atom stereocenters. The van der Waals surface area contributed by atoms with Crippen molar-refractivity contribution in [3.05, 3.63) is 0 Å². The Morgan fingerprint density at radius 2 is 1.19 bits per heavy atom. The molecule has 1 rings (SSSR count). The Balaban J connectivity index is 3.22. The van der Waals surface area contributed by atoms with Crippen LogP contribution in [0.25, 0.3) is 0 Å².